The summed E-state index contributed by atoms with van der Waals surface area (Å²) in [4.78, 5) is 13.7. The van der Waals surface area contributed by atoms with Crippen molar-refractivity contribution in [3.8, 4) is 44.6 Å². The molecule has 35 heavy (non-hydrogen) atoms. The zero-order valence-corrected chi connectivity index (χ0v) is 19.4. The average Bonchev–Trinajstić information content (AvgIpc) is 2.94. The Labute approximate surface area is 204 Å². The summed E-state index contributed by atoms with van der Waals surface area (Å²) in [5, 5.41) is 1.04. The molecule has 0 aliphatic rings. The van der Waals surface area contributed by atoms with Crippen LogP contribution in [0.5, 0.6) is 0 Å². The molecular formula is C32H23N3. The lowest BCUT2D eigenvalue weighted by Gasteiger charge is -2.16. The van der Waals surface area contributed by atoms with Gasteiger partial charge >= 0.3 is 0 Å². The molecule has 0 aliphatic heterocycles. The molecule has 3 nitrogen and oxygen atoms in total. The molecule has 0 fully saturated rings. The molecule has 0 saturated heterocycles. The van der Waals surface area contributed by atoms with Crippen LogP contribution in [0.3, 0.4) is 0 Å². The molecule has 6 rings (SSSR count). The molecule has 0 unspecified atom stereocenters. The lowest BCUT2D eigenvalue weighted by molar-refractivity contribution is 1.22. The zero-order chi connectivity index (χ0) is 23.6. The van der Waals surface area contributed by atoms with Gasteiger partial charge in [-0.2, -0.15) is 0 Å². The van der Waals surface area contributed by atoms with E-state index in [1.54, 1.807) is 6.33 Å². The van der Waals surface area contributed by atoms with Crippen molar-refractivity contribution in [1.82, 2.24) is 15.0 Å². The first kappa shape index (κ1) is 20.9. The number of aryl methyl sites for hydroxylation is 1. The normalized spacial score (nSPS) is 11.0. The Bertz CT molecular complexity index is 1620. The maximum absolute atomic E-state index is 4.77. The van der Waals surface area contributed by atoms with Crippen LogP contribution >= 0.6 is 0 Å². The van der Waals surface area contributed by atoms with Crippen molar-refractivity contribution in [2.75, 3.05) is 0 Å². The van der Waals surface area contributed by atoms with E-state index in [4.69, 9.17) is 4.98 Å². The molecule has 2 heterocycles. The minimum absolute atomic E-state index is 0.938. The van der Waals surface area contributed by atoms with Gasteiger partial charge in [-0.1, -0.05) is 90.5 Å². The van der Waals surface area contributed by atoms with Gasteiger partial charge in [0.05, 0.1) is 11.2 Å². The van der Waals surface area contributed by atoms with Gasteiger partial charge in [-0.15, -0.1) is 0 Å². The fraction of sp³-hybridized carbons (Fsp3) is 0.0312. The number of benzene rings is 4. The highest BCUT2D eigenvalue weighted by molar-refractivity contribution is 6.05. The van der Waals surface area contributed by atoms with Crippen LogP contribution in [0.25, 0.3) is 55.5 Å². The molecule has 0 saturated carbocycles. The van der Waals surface area contributed by atoms with Crippen LogP contribution in [0.1, 0.15) is 5.56 Å². The van der Waals surface area contributed by atoms with E-state index in [0.29, 0.717) is 0 Å². The smallest absolute Gasteiger partial charge is 0.116 e. The molecule has 0 bridgehead atoms. The molecule has 4 aromatic carbocycles. The molecule has 166 valence electrons. The van der Waals surface area contributed by atoms with Gasteiger partial charge in [0.15, 0.2) is 0 Å². The Morgan fingerprint density at radius 2 is 1.26 bits per heavy atom. The largest absolute Gasteiger partial charge is 0.256 e. The Kier molecular flexibility index (Phi) is 5.36. The SMILES string of the molecule is Cc1ccc(-c2ccc(-c3cc(-c4ccccn4)ccc3-c3ccccc3)c3ncncc23)cc1. The number of hydrogen-bond donors (Lipinski definition) is 0. The second kappa shape index (κ2) is 8.96. The van der Waals surface area contributed by atoms with Crippen molar-refractivity contribution in [2.24, 2.45) is 0 Å². The third-order valence-electron chi connectivity index (χ3n) is 6.39. The highest BCUT2D eigenvalue weighted by Crippen LogP contribution is 2.40. The first-order chi connectivity index (χ1) is 17.3. The summed E-state index contributed by atoms with van der Waals surface area (Å²) in [5.74, 6) is 0. The minimum Gasteiger partial charge on any atom is -0.256 e. The quantitative estimate of drug-likeness (QED) is 0.274. The van der Waals surface area contributed by atoms with E-state index in [9.17, 15) is 0 Å². The van der Waals surface area contributed by atoms with Crippen LogP contribution in [0.15, 0.2) is 122 Å². The van der Waals surface area contributed by atoms with Crippen LogP contribution in [-0.4, -0.2) is 15.0 Å². The van der Waals surface area contributed by atoms with Crippen LogP contribution < -0.4 is 0 Å². The van der Waals surface area contributed by atoms with Crippen molar-refractivity contribution in [3.63, 3.8) is 0 Å². The topological polar surface area (TPSA) is 38.7 Å². The van der Waals surface area contributed by atoms with E-state index in [0.717, 1.165) is 50.0 Å². The summed E-state index contributed by atoms with van der Waals surface area (Å²) in [7, 11) is 0. The van der Waals surface area contributed by atoms with Crippen LogP contribution in [-0.2, 0) is 0 Å². The Hall–Kier alpha value is -4.63. The lowest BCUT2D eigenvalue weighted by Crippen LogP contribution is -1.93. The highest BCUT2D eigenvalue weighted by Gasteiger charge is 2.16. The molecule has 0 atom stereocenters. The molecule has 0 radical (unpaired) electrons. The Balaban J connectivity index is 1.61. The molecular weight excluding hydrogens is 426 g/mol. The summed E-state index contributed by atoms with van der Waals surface area (Å²) in [5.41, 5.74) is 11.0. The van der Waals surface area contributed by atoms with Crippen LogP contribution in [0, 0.1) is 6.92 Å². The standard InChI is InChI=1S/C32H23N3/c1-22-10-12-24(13-11-22)27-16-17-28(32-30(27)20-33-21-35-32)29-19-25(31-9-5-6-18-34-31)14-15-26(29)23-7-3-2-4-8-23/h2-21H,1H3. The summed E-state index contributed by atoms with van der Waals surface area (Å²) < 4.78 is 0. The first-order valence-corrected chi connectivity index (χ1v) is 11.7. The monoisotopic (exact) mass is 449 g/mol. The number of fused-ring (bicyclic) bond motifs is 1. The molecule has 3 heteroatoms. The van der Waals surface area contributed by atoms with Gasteiger partial charge in [-0.25, -0.2) is 9.97 Å². The fourth-order valence-electron chi connectivity index (χ4n) is 4.61. The molecule has 0 amide bonds. The van der Waals surface area contributed by atoms with Crippen molar-refractivity contribution in [2.45, 2.75) is 6.92 Å². The molecule has 0 N–H and O–H groups in total. The van der Waals surface area contributed by atoms with Crippen molar-refractivity contribution in [3.05, 3.63) is 127 Å². The number of pyridine rings is 1. The first-order valence-electron chi connectivity index (χ1n) is 11.7. The Morgan fingerprint density at radius 1 is 0.543 bits per heavy atom. The third-order valence-corrected chi connectivity index (χ3v) is 6.39. The van der Waals surface area contributed by atoms with Crippen molar-refractivity contribution in [1.29, 1.82) is 0 Å². The van der Waals surface area contributed by atoms with Gasteiger partial charge < -0.3 is 0 Å². The van der Waals surface area contributed by atoms with Gasteiger partial charge in [0.2, 0.25) is 0 Å². The van der Waals surface area contributed by atoms with E-state index in [-0.39, 0.29) is 0 Å². The van der Waals surface area contributed by atoms with Gasteiger partial charge in [0.1, 0.15) is 6.33 Å². The van der Waals surface area contributed by atoms with E-state index in [1.807, 2.05) is 36.7 Å². The van der Waals surface area contributed by atoms with Crippen LogP contribution in [0.2, 0.25) is 0 Å². The van der Waals surface area contributed by atoms with Gasteiger partial charge in [-0.3, -0.25) is 4.98 Å². The van der Waals surface area contributed by atoms with E-state index < -0.39 is 0 Å². The van der Waals surface area contributed by atoms with E-state index in [2.05, 4.69) is 95.8 Å². The molecule has 0 spiro atoms. The number of aromatic nitrogens is 3. The second-order valence-corrected chi connectivity index (χ2v) is 8.65. The summed E-state index contributed by atoms with van der Waals surface area (Å²) >= 11 is 0. The van der Waals surface area contributed by atoms with Gasteiger partial charge in [-0.05, 0) is 52.9 Å². The molecule has 2 aromatic heterocycles. The van der Waals surface area contributed by atoms with Gasteiger partial charge in [0, 0.05) is 28.9 Å². The second-order valence-electron chi connectivity index (χ2n) is 8.65. The van der Waals surface area contributed by atoms with Crippen LogP contribution in [0.4, 0.5) is 0 Å². The van der Waals surface area contributed by atoms with E-state index >= 15 is 0 Å². The highest BCUT2D eigenvalue weighted by atomic mass is 14.8. The van der Waals surface area contributed by atoms with E-state index in [1.165, 1.54) is 11.1 Å². The average molecular weight is 450 g/mol. The zero-order valence-electron chi connectivity index (χ0n) is 19.4. The molecule has 6 aromatic rings. The third kappa shape index (κ3) is 3.98. The summed E-state index contributed by atoms with van der Waals surface area (Å²) in [6, 6.07) is 36.0. The number of nitrogens with zero attached hydrogens (tertiary/aromatic N) is 3. The van der Waals surface area contributed by atoms with Crippen molar-refractivity contribution < 1.29 is 0 Å². The minimum atomic E-state index is 0.938. The summed E-state index contributed by atoms with van der Waals surface area (Å²) in [6.45, 7) is 2.10. The van der Waals surface area contributed by atoms with Gasteiger partial charge in [0.25, 0.3) is 0 Å². The maximum atomic E-state index is 4.77. The predicted molar refractivity (Wildman–Crippen MR) is 144 cm³/mol. The molecule has 0 aliphatic carbocycles. The number of rotatable bonds is 4. The summed E-state index contributed by atoms with van der Waals surface area (Å²) in [6.07, 6.45) is 5.39. The Morgan fingerprint density at radius 3 is 2.06 bits per heavy atom. The lowest BCUT2D eigenvalue weighted by atomic mass is 9.89. The fourth-order valence-corrected chi connectivity index (χ4v) is 4.61. The predicted octanol–water partition coefficient (Wildman–Crippen LogP) is 8.00. The maximum Gasteiger partial charge on any atom is 0.116 e. The number of hydrogen-bond acceptors (Lipinski definition) is 3. The van der Waals surface area contributed by atoms with Crippen molar-refractivity contribution >= 4 is 10.9 Å².